The Kier molecular flexibility index (Phi) is 4.21. The van der Waals surface area contributed by atoms with Gasteiger partial charge in [-0.2, -0.15) is 0 Å². The van der Waals surface area contributed by atoms with Gasteiger partial charge in [0.2, 0.25) is 0 Å². The van der Waals surface area contributed by atoms with Gasteiger partial charge in [0.25, 0.3) is 0 Å². The van der Waals surface area contributed by atoms with Crippen molar-refractivity contribution in [3.63, 3.8) is 0 Å². The summed E-state index contributed by atoms with van der Waals surface area (Å²) >= 11 is 0. The number of hydrogen-bond acceptors (Lipinski definition) is 5. The number of ether oxygens (including phenoxy) is 3. The van der Waals surface area contributed by atoms with Crippen LogP contribution < -0.4 is 9.47 Å². The third kappa shape index (κ3) is 2.74. The maximum atomic E-state index is 13.2. The smallest absolute Gasteiger partial charge is 0.340 e. The lowest BCUT2D eigenvalue weighted by molar-refractivity contribution is 0.0229. The van der Waals surface area contributed by atoms with Crippen LogP contribution in [0.5, 0.6) is 23.0 Å². The zero-order valence-corrected chi connectivity index (χ0v) is 19.3. The van der Waals surface area contributed by atoms with Crippen molar-refractivity contribution >= 4 is 16.7 Å². The van der Waals surface area contributed by atoms with Crippen molar-refractivity contribution in [2.75, 3.05) is 7.11 Å². The molecule has 5 aromatic carbocycles. The highest BCUT2D eigenvalue weighted by atomic mass is 16.6. The molecule has 0 fully saturated rings. The van der Waals surface area contributed by atoms with E-state index in [9.17, 15) is 9.90 Å². The van der Waals surface area contributed by atoms with E-state index in [1.54, 1.807) is 25.3 Å². The largest absolute Gasteiger partial charge is 0.508 e. The minimum atomic E-state index is -1.16. The van der Waals surface area contributed by atoms with Gasteiger partial charge in [0.05, 0.1) is 18.2 Å². The molecule has 0 aromatic heterocycles. The molecule has 2 aliphatic heterocycles. The second kappa shape index (κ2) is 7.36. The van der Waals surface area contributed by atoms with Crippen molar-refractivity contribution in [3.05, 3.63) is 119 Å². The second-order valence-corrected chi connectivity index (χ2v) is 9.01. The molecule has 0 saturated heterocycles. The van der Waals surface area contributed by atoms with E-state index in [1.807, 2.05) is 72.8 Å². The average Bonchev–Trinajstić information content (AvgIpc) is 3.20. The third-order valence-electron chi connectivity index (χ3n) is 7.07. The zero-order valence-electron chi connectivity index (χ0n) is 19.3. The van der Waals surface area contributed by atoms with Crippen LogP contribution in [0.25, 0.3) is 21.9 Å². The van der Waals surface area contributed by atoms with E-state index in [1.165, 1.54) is 0 Å². The maximum Gasteiger partial charge on any atom is 0.340 e. The molecule has 0 bridgehead atoms. The van der Waals surface area contributed by atoms with Crippen LogP contribution in [-0.4, -0.2) is 18.2 Å². The fourth-order valence-corrected chi connectivity index (χ4v) is 5.48. The Bertz CT molecular complexity index is 1720. The summed E-state index contributed by atoms with van der Waals surface area (Å²) in [6, 6.07) is 30.3. The van der Waals surface area contributed by atoms with Crippen molar-refractivity contribution in [1.29, 1.82) is 0 Å². The first-order chi connectivity index (χ1) is 17.6. The van der Waals surface area contributed by atoms with Gasteiger partial charge in [-0.05, 0) is 64.4 Å². The first kappa shape index (κ1) is 20.6. The number of carbonyl (C=O) groups excluding carboxylic acids is 1. The number of benzene rings is 5. The van der Waals surface area contributed by atoms with Gasteiger partial charge in [-0.3, -0.25) is 0 Å². The lowest BCUT2D eigenvalue weighted by atomic mass is 9.75. The number of hydrogen-bond donors (Lipinski definition) is 1. The summed E-state index contributed by atoms with van der Waals surface area (Å²) in [5, 5.41) is 11.8. The predicted molar refractivity (Wildman–Crippen MR) is 136 cm³/mol. The topological polar surface area (TPSA) is 65.0 Å². The highest BCUT2D eigenvalue weighted by Crippen LogP contribution is 2.58. The van der Waals surface area contributed by atoms with Crippen LogP contribution >= 0.6 is 0 Å². The van der Waals surface area contributed by atoms with Gasteiger partial charge >= 0.3 is 5.97 Å². The van der Waals surface area contributed by atoms with E-state index in [2.05, 4.69) is 6.07 Å². The van der Waals surface area contributed by atoms with Crippen molar-refractivity contribution in [2.24, 2.45) is 0 Å². The highest BCUT2D eigenvalue weighted by Gasteiger charge is 2.54. The predicted octanol–water partition coefficient (Wildman–Crippen LogP) is 6.79. The van der Waals surface area contributed by atoms with Gasteiger partial charge in [-0.15, -0.1) is 0 Å². The molecule has 1 atom stereocenters. The molecule has 0 radical (unpaired) electrons. The molecule has 5 nitrogen and oxygen atoms in total. The Morgan fingerprint density at radius 3 is 2.50 bits per heavy atom. The maximum absolute atomic E-state index is 13.2. The number of carbonyl (C=O) groups is 1. The quantitative estimate of drug-likeness (QED) is 0.287. The molecule has 0 saturated carbocycles. The minimum absolute atomic E-state index is 0.215. The molecular formula is C31H20O5. The van der Waals surface area contributed by atoms with E-state index in [0.717, 1.165) is 38.6 Å². The lowest BCUT2D eigenvalue weighted by Crippen LogP contribution is -2.33. The number of esters is 1. The van der Waals surface area contributed by atoms with Crippen LogP contribution in [0.3, 0.4) is 0 Å². The number of phenols is 1. The Morgan fingerprint density at radius 2 is 1.64 bits per heavy atom. The van der Waals surface area contributed by atoms with E-state index in [4.69, 9.17) is 14.2 Å². The van der Waals surface area contributed by atoms with Crippen molar-refractivity contribution < 1.29 is 24.1 Å². The first-order valence-corrected chi connectivity index (χ1v) is 11.6. The third-order valence-corrected chi connectivity index (χ3v) is 7.07. The number of phenolic OH excluding ortho intramolecular Hbond substituents is 1. The molecule has 5 heteroatoms. The van der Waals surface area contributed by atoms with Crippen LogP contribution in [0.1, 0.15) is 27.0 Å². The summed E-state index contributed by atoms with van der Waals surface area (Å²) in [4.78, 5) is 13.2. The summed E-state index contributed by atoms with van der Waals surface area (Å²) in [5.41, 5.74) is 3.59. The van der Waals surface area contributed by atoms with Crippen LogP contribution in [0, 0.1) is 0 Å². The molecule has 2 heterocycles. The Hall–Kier alpha value is -4.77. The molecule has 5 aromatic rings. The molecule has 1 spiro atoms. The van der Waals surface area contributed by atoms with E-state index in [-0.39, 0.29) is 11.7 Å². The first-order valence-electron chi connectivity index (χ1n) is 11.6. The number of fused-ring (bicyclic) bond motifs is 8. The van der Waals surface area contributed by atoms with Gasteiger partial charge in [0.1, 0.15) is 23.0 Å². The SMILES string of the molecule is COc1ccc2c(c1)Oc1ccc3cc(-c4cccc(O)c4)ccc3c1C21OC(=O)c2ccccc21. The Morgan fingerprint density at radius 1 is 0.778 bits per heavy atom. The summed E-state index contributed by atoms with van der Waals surface area (Å²) in [6.45, 7) is 0. The Labute approximate surface area is 207 Å². The molecular weight excluding hydrogens is 452 g/mol. The van der Waals surface area contributed by atoms with Crippen LogP contribution in [0.2, 0.25) is 0 Å². The molecule has 7 rings (SSSR count). The molecule has 0 amide bonds. The average molecular weight is 472 g/mol. The molecule has 36 heavy (non-hydrogen) atoms. The molecule has 1 unspecified atom stereocenters. The monoisotopic (exact) mass is 472 g/mol. The summed E-state index contributed by atoms with van der Waals surface area (Å²) in [6.07, 6.45) is 0. The number of aromatic hydroxyl groups is 1. The Balaban J connectivity index is 1.54. The fourth-order valence-electron chi connectivity index (χ4n) is 5.48. The van der Waals surface area contributed by atoms with Crippen LogP contribution in [0.15, 0.2) is 97.1 Å². The van der Waals surface area contributed by atoms with Crippen molar-refractivity contribution in [3.8, 4) is 34.1 Å². The van der Waals surface area contributed by atoms with E-state index >= 15 is 0 Å². The van der Waals surface area contributed by atoms with E-state index < -0.39 is 5.60 Å². The summed E-state index contributed by atoms with van der Waals surface area (Å²) in [5.74, 6) is 1.71. The molecule has 0 aliphatic carbocycles. The van der Waals surface area contributed by atoms with Gasteiger partial charge in [-0.25, -0.2) is 4.79 Å². The summed E-state index contributed by atoms with van der Waals surface area (Å²) < 4.78 is 18.2. The standard InChI is InChI=1S/C31H20O5/c1-34-22-11-13-26-28(17-22)35-27-14-10-20-15-19(18-5-4-6-21(32)16-18)9-12-23(20)29(27)31(26)25-8-3-2-7-24(25)30(33)36-31/h2-17,32H,1H3. The van der Waals surface area contributed by atoms with Crippen LogP contribution in [0.4, 0.5) is 0 Å². The van der Waals surface area contributed by atoms with Gasteiger partial charge in [-0.1, -0.05) is 48.5 Å². The highest BCUT2D eigenvalue weighted by molar-refractivity contribution is 6.00. The van der Waals surface area contributed by atoms with Gasteiger partial charge < -0.3 is 19.3 Å². The molecule has 2 aliphatic rings. The zero-order chi connectivity index (χ0) is 24.4. The summed E-state index contributed by atoms with van der Waals surface area (Å²) in [7, 11) is 1.61. The van der Waals surface area contributed by atoms with Crippen LogP contribution in [-0.2, 0) is 10.3 Å². The van der Waals surface area contributed by atoms with Gasteiger partial charge in [0, 0.05) is 17.2 Å². The lowest BCUT2D eigenvalue weighted by Gasteiger charge is -2.37. The molecule has 174 valence electrons. The minimum Gasteiger partial charge on any atom is -0.508 e. The van der Waals surface area contributed by atoms with E-state index in [0.29, 0.717) is 22.8 Å². The number of rotatable bonds is 2. The molecule has 1 N–H and O–H groups in total. The van der Waals surface area contributed by atoms with Gasteiger partial charge in [0.15, 0.2) is 5.60 Å². The fraction of sp³-hybridized carbons (Fsp3) is 0.0645. The number of methoxy groups -OCH3 is 1. The van der Waals surface area contributed by atoms with Crippen molar-refractivity contribution in [2.45, 2.75) is 5.60 Å². The van der Waals surface area contributed by atoms with Crippen molar-refractivity contribution in [1.82, 2.24) is 0 Å². The normalized spacial score (nSPS) is 17.2. The second-order valence-electron chi connectivity index (χ2n) is 9.01.